The first-order valence-corrected chi connectivity index (χ1v) is 9.86. The number of fused-ring (bicyclic) bond motifs is 1. The highest BCUT2D eigenvalue weighted by molar-refractivity contribution is 5.71. The number of aryl methyl sites for hydroxylation is 1. The summed E-state index contributed by atoms with van der Waals surface area (Å²) in [4.78, 5) is 0. The van der Waals surface area contributed by atoms with Crippen LogP contribution < -0.4 is 11.1 Å². The highest BCUT2D eigenvalue weighted by atomic mass is 16.3. The summed E-state index contributed by atoms with van der Waals surface area (Å²) in [5, 5.41) is 3.65. The molecule has 0 amide bonds. The zero-order valence-corrected chi connectivity index (χ0v) is 16.2. The van der Waals surface area contributed by atoms with Gasteiger partial charge in [-0.05, 0) is 60.8 Å². The van der Waals surface area contributed by atoms with E-state index in [9.17, 15) is 0 Å². The molecule has 1 unspecified atom stereocenters. The summed E-state index contributed by atoms with van der Waals surface area (Å²) in [6, 6.07) is 27.3. The molecule has 3 N–H and O–H groups in total. The van der Waals surface area contributed by atoms with Gasteiger partial charge in [0, 0.05) is 23.7 Å². The van der Waals surface area contributed by atoms with Crippen LogP contribution in [0.3, 0.4) is 0 Å². The molecular weight excluding hydrogens is 344 g/mol. The van der Waals surface area contributed by atoms with E-state index in [1.165, 1.54) is 16.7 Å². The number of hydrogen-bond donors (Lipinski definition) is 2. The molecule has 0 spiro atoms. The molecule has 0 saturated carbocycles. The molecule has 1 aromatic heterocycles. The molecule has 4 rings (SSSR count). The van der Waals surface area contributed by atoms with Crippen LogP contribution in [0.15, 0.2) is 83.3 Å². The predicted molar refractivity (Wildman–Crippen MR) is 116 cm³/mol. The van der Waals surface area contributed by atoms with E-state index < -0.39 is 0 Å². The van der Waals surface area contributed by atoms with E-state index in [0.717, 1.165) is 42.2 Å². The molecule has 0 radical (unpaired) electrons. The van der Waals surface area contributed by atoms with Crippen LogP contribution in [0.25, 0.3) is 22.5 Å². The van der Waals surface area contributed by atoms with Gasteiger partial charge in [-0.1, -0.05) is 54.6 Å². The van der Waals surface area contributed by atoms with E-state index in [4.69, 9.17) is 10.2 Å². The summed E-state index contributed by atoms with van der Waals surface area (Å²) in [5.74, 6) is 1.89. The molecule has 142 valence electrons. The Morgan fingerprint density at radius 2 is 1.75 bits per heavy atom. The molecule has 2 aromatic rings. The molecule has 0 fully saturated rings. The van der Waals surface area contributed by atoms with Crippen LogP contribution in [0.1, 0.15) is 30.7 Å². The van der Waals surface area contributed by atoms with Gasteiger partial charge in [0.25, 0.3) is 0 Å². The Bertz CT molecular complexity index is 1020. The highest BCUT2D eigenvalue weighted by Gasteiger charge is 2.13. The SMILES string of the molecule is CC(NCCCc1ccc(-c2cccc(N)c2)o1)c1ccc2cccccc1-2. The van der Waals surface area contributed by atoms with Gasteiger partial charge >= 0.3 is 0 Å². The third-order valence-electron chi connectivity index (χ3n) is 5.18. The Kier molecular flexibility index (Phi) is 5.45. The van der Waals surface area contributed by atoms with Crippen LogP contribution in [0.2, 0.25) is 0 Å². The fourth-order valence-electron chi connectivity index (χ4n) is 3.67. The molecule has 1 aromatic carbocycles. The zero-order chi connectivity index (χ0) is 19.3. The number of nitrogens with two attached hydrogens (primary N) is 1. The molecule has 2 aliphatic rings. The lowest BCUT2D eigenvalue weighted by Crippen LogP contribution is -2.20. The average Bonchev–Trinajstić information content (AvgIpc) is 3.26. The van der Waals surface area contributed by atoms with Gasteiger partial charge < -0.3 is 15.5 Å². The van der Waals surface area contributed by atoms with Gasteiger partial charge in [0.15, 0.2) is 0 Å². The lowest BCUT2D eigenvalue weighted by molar-refractivity contribution is 0.495. The smallest absolute Gasteiger partial charge is 0.134 e. The minimum atomic E-state index is 0.319. The summed E-state index contributed by atoms with van der Waals surface area (Å²) >= 11 is 0. The lowest BCUT2D eigenvalue weighted by atomic mass is 10.0. The maximum Gasteiger partial charge on any atom is 0.134 e. The molecule has 28 heavy (non-hydrogen) atoms. The van der Waals surface area contributed by atoms with Crippen molar-refractivity contribution in [2.45, 2.75) is 25.8 Å². The van der Waals surface area contributed by atoms with Crippen LogP contribution in [0, 0.1) is 0 Å². The summed E-state index contributed by atoms with van der Waals surface area (Å²) in [6.07, 6.45) is 1.94. The molecule has 1 heterocycles. The Morgan fingerprint density at radius 1 is 0.893 bits per heavy atom. The number of hydrogen-bond acceptors (Lipinski definition) is 3. The molecule has 2 aliphatic carbocycles. The van der Waals surface area contributed by atoms with Gasteiger partial charge in [0.05, 0.1) is 0 Å². The molecule has 0 bridgehead atoms. The topological polar surface area (TPSA) is 51.2 Å². The minimum Gasteiger partial charge on any atom is -0.461 e. The largest absolute Gasteiger partial charge is 0.461 e. The van der Waals surface area contributed by atoms with Crippen molar-refractivity contribution in [2.24, 2.45) is 0 Å². The van der Waals surface area contributed by atoms with E-state index >= 15 is 0 Å². The number of anilines is 1. The fourth-order valence-corrected chi connectivity index (χ4v) is 3.67. The molecular formula is C25H26N2O. The second kappa shape index (κ2) is 8.32. The van der Waals surface area contributed by atoms with E-state index in [0.29, 0.717) is 6.04 Å². The molecule has 1 atom stereocenters. The van der Waals surface area contributed by atoms with Crippen LogP contribution in [0.4, 0.5) is 5.69 Å². The number of furan rings is 1. The molecule has 3 nitrogen and oxygen atoms in total. The highest BCUT2D eigenvalue weighted by Crippen LogP contribution is 2.31. The van der Waals surface area contributed by atoms with Crippen molar-refractivity contribution in [1.82, 2.24) is 5.32 Å². The van der Waals surface area contributed by atoms with Crippen molar-refractivity contribution >= 4 is 5.69 Å². The van der Waals surface area contributed by atoms with Gasteiger partial charge in [0.1, 0.15) is 11.5 Å². The predicted octanol–water partition coefficient (Wildman–Crippen LogP) is 5.92. The minimum absolute atomic E-state index is 0.319. The second-order valence-corrected chi connectivity index (χ2v) is 7.24. The van der Waals surface area contributed by atoms with Crippen LogP contribution in [-0.4, -0.2) is 6.54 Å². The zero-order valence-electron chi connectivity index (χ0n) is 16.2. The fraction of sp³-hybridized carbons (Fsp3) is 0.200. The summed E-state index contributed by atoms with van der Waals surface area (Å²) in [5.41, 5.74) is 11.6. The standard InChI is InChI=1S/C25H26N2O/c1-18(23-14-12-19-7-3-2-4-11-24(19)23)27-16-6-10-22-13-15-25(28-22)20-8-5-9-21(26)17-20/h2-5,7-9,11-15,17-18,27H,6,10,16,26H2,1H3. The maximum absolute atomic E-state index is 5.99. The van der Waals surface area contributed by atoms with E-state index in [1.54, 1.807) is 0 Å². The van der Waals surface area contributed by atoms with Crippen molar-refractivity contribution in [3.63, 3.8) is 0 Å². The van der Waals surface area contributed by atoms with Gasteiger partial charge in [-0.25, -0.2) is 0 Å². The Hall–Kier alpha value is -3.04. The lowest BCUT2D eigenvalue weighted by Gasteiger charge is -2.14. The number of nitrogen functional groups attached to an aromatic ring is 1. The third kappa shape index (κ3) is 4.10. The van der Waals surface area contributed by atoms with E-state index in [2.05, 4.69) is 60.8 Å². The number of rotatable bonds is 7. The van der Waals surface area contributed by atoms with Gasteiger partial charge in [0.2, 0.25) is 0 Å². The molecule has 3 heteroatoms. The summed E-state index contributed by atoms with van der Waals surface area (Å²) in [6.45, 7) is 3.17. The van der Waals surface area contributed by atoms with Crippen molar-refractivity contribution in [3.05, 3.63) is 90.2 Å². The monoisotopic (exact) mass is 370 g/mol. The van der Waals surface area contributed by atoms with E-state index in [1.807, 2.05) is 30.3 Å². The first-order chi connectivity index (χ1) is 13.7. The molecule has 0 aliphatic heterocycles. The van der Waals surface area contributed by atoms with Crippen molar-refractivity contribution in [1.29, 1.82) is 0 Å². The summed E-state index contributed by atoms with van der Waals surface area (Å²) < 4.78 is 5.99. The van der Waals surface area contributed by atoms with Gasteiger partial charge in [-0.3, -0.25) is 0 Å². The average molecular weight is 370 g/mol. The first kappa shape index (κ1) is 18.3. The van der Waals surface area contributed by atoms with Crippen LogP contribution >= 0.6 is 0 Å². The van der Waals surface area contributed by atoms with Gasteiger partial charge in [-0.2, -0.15) is 0 Å². The number of benzene rings is 1. The Morgan fingerprint density at radius 3 is 2.64 bits per heavy atom. The van der Waals surface area contributed by atoms with Crippen LogP contribution in [0.5, 0.6) is 0 Å². The van der Waals surface area contributed by atoms with Gasteiger partial charge in [-0.15, -0.1) is 0 Å². The Balaban J connectivity index is 1.30. The third-order valence-corrected chi connectivity index (χ3v) is 5.18. The van der Waals surface area contributed by atoms with E-state index in [-0.39, 0.29) is 0 Å². The molecule has 0 saturated heterocycles. The Labute approximate surface area is 166 Å². The van der Waals surface area contributed by atoms with Crippen molar-refractivity contribution in [3.8, 4) is 22.5 Å². The second-order valence-electron chi connectivity index (χ2n) is 7.24. The first-order valence-electron chi connectivity index (χ1n) is 9.86. The van der Waals surface area contributed by atoms with Crippen molar-refractivity contribution in [2.75, 3.05) is 12.3 Å². The number of nitrogens with one attached hydrogen (secondary N) is 1. The van der Waals surface area contributed by atoms with Crippen molar-refractivity contribution < 1.29 is 4.42 Å². The van der Waals surface area contributed by atoms with Crippen LogP contribution in [-0.2, 0) is 6.42 Å². The maximum atomic E-state index is 5.99. The quantitative estimate of drug-likeness (QED) is 0.314. The summed E-state index contributed by atoms with van der Waals surface area (Å²) in [7, 11) is 0. The normalized spacial score (nSPS) is 12.3.